The molecule has 0 bridgehead atoms. The summed E-state index contributed by atoms with van der Waals surface area (Å²) in [4.78, 5) is 32.3. The van der Waals surface area contributed by atoms with Crippen molar-refractivity contribution in [2.45, 2.75) is 36.6 Å². The molecule has 0 saturated heterocycles. The molecular weight excluding hydrogens is 388 g/mol. The molecule has 2 aromatic heterocycles. The van der Waals surface area contributed by atoms with Crippen LogP contribution in [0.15, 0.2) is 34.2 Å². The van der Waals surface area contributed by atoms with E-state index < -0.39 is 0 Å². The quantitative estimate of drug-likeness (QED) is 0.365. The summed E-state index contributed by atoms with van der Waals surface area (Å²) in [6.45, 7) is 1.84. The molecule has 1 unspecified atom stereocenters. The maximum Gasteiger partial charge on any atom is 0.262 e. The maximum absolute atomic E-state index is 12.8. The van der Waals surface area contributed by atoms with Crippen LogP contribution >= 0.6 is 34.7 Å². The Hall–Kier alpha value is -1.63. The number of rotatable bonds is 4. The van der Waals surface area contributed by atoms with Gasteiger partial charge < -0.3 is 0 Å². The number of thiophene rings is 1. The van der Waals surface area contributed by atoms with Crippen LogP contribution in [0.5, 0.6) is 0 Å². The molecule has 4 nitrogen and oxygen atoms in total. The van der Waals surface area contributed by atoms with Crippen molar-refractivity contribution in [1.82, 2.24) is 9.55 Å². The van der Waals surface area contributed by atoms with Gasteiger partial charge in [0, 0.05) is 22.5 Å². The lowest BCUT2D eigenvalue weighted by molar-refractivity contribution is 0.0994. The predicted octanol–water partition coefficient (Wildman–Crippen LogP) is 4.50. The van der Waals surface area contributed by atoms with Crippen LogP contribution in [-0.4, -0.2) is 20.6 Å². The molecule has 0 N–H and O–H groups in total. The number of Topliss-reactive ketones (excluding diaryl/α,β-unsaturated/α-hetero) is 1. The van der Waals surface area contributed by atoms with Crippen LogP contribution in [0.3, 0.4) is 0 Å². The number of fused-ring (bicyclic) bond motifs is 3. The third-order valence-electron chi connectivity index (χ3n) is 4.69. The molecular formula is C19H17ClN2O2S2. The second-order valence-corrected chi connectivity index (χ2v) is 9.26. The normalized spacial score (nSPS) is 14.6. The molecule has 26 heavy (non-hydrogen) atoms. The van der Waals surface area contributed by atoms with Crippen LogP contribution in [0, 0.1) is 0 Å². The highest BCUT2D eigenvalue weighted by atomic mass is 35.5. The lowest BCUT2D eigenvalue weighted by atomic mass is 10.1. The monoisotopic (exact) mass is 404 g/mol. The lowest BCUT2D eigenvalue weighted by Crippen LogP contribution is -2.22. The minimum atomic E-state index is -0.349. The average molecular weight is 405 g/mol. The first-order chi connectivity index (χ1) is 12.5. The minimum absolute atomic E-state index is 0.00492. The molecule has 1 aromatic carbocycles. The van der Waals surface area contributed by atoms with E-state index in [0.29, 0.717) is 15.7 Å². The van der Waals surface area contributed by atoms with Crippen molar-refractivity contribution in [2.75, 3.05) is 0 Å². The maximum atomic E-state index is 12.8. The van der Waals surface area contributed by atoms with Crippen LogP contribution in [0.4, 0.5) is 0 Å². The Morgan fingerprint density at radius 2 is 2.04 bits per heavy atom. The Morgan fingerprint density at radius 1 is 1.31 bits per heavy atom. The number of ketones is 1. The van der Waals surface area contributed by atoms with Gasteiger partial charge in [0.15, 0.2) is 10.9 Å². The van der Waals surface area contributed by atoms with E-state index >= 15 is 0 Å². The minimum Gasteiger partial charge on any atom is -0.293 e. The van der Waals surface area contributed by atoms with Gasteiger partial charge in [-0.15, -0.1) is 11.3 Å². The molecule has 3 aromatic rings. The van der Waals surface area contributed by atoms with E-state index in [2.05, 4.69) is 0 Å². The summed E-state index contributed by atoms with van der Waals surface area (Å²) >= 11 is 8.83. The van der Waals surface area contributed by atoms with Gasteiger partial charge in [-0.05, 0) is 56.0 Å². The van der Waals surface area contributed by atoms with Crippen molar-refractivity contribution in [1.29, 1.82) is 0 Å². The number of aryl methyl sites for hydroxylation is 2. The molecule has 134 valence electrons. The summed E-state index contributed by atoms with van der Waals surface area (Å²) < 4.78 is 1.57. The van der Waals surface area contributed by atoms with E-state index in [4.69, 9.17) is 16.6 Å². The highest BCUT2D eigenvalue weighted by Crippen LogP contribution is 2.36. The number of nitrogens with zero attached hydrogens (tertiary/aromatic N) is 2. The number of carbonyl (C=O) groups excluding carboxylic acids is 1. The molecule has 2 heterocycles. The van der Waals surface area contributed by atoms with E-state index in [1.807, 2.05) is 6.92 Å². The molecule has 0 spiro atoms. The third-order valence-corrected chi connectivity index (χ3v) is 7.27. The largest absolute Gasteiger partial charge is 0.293 e. The van der Waals surface area contributed by atoms with Crippen LogP contribution < -0.4 is 5.56 Å². The first-order valence-corrected chi connectivity index (χ1v) is 10.5. The number of hydrogen-bond donors (Lipinski definition) is 0. The Morgan fingerprint density at radius 3 is 2.77 bits per heavy atom. The molecule has 0 fully saturated rings. The van der Waals surface area contributed by atoms with Crippen molar-refractivity contribution in [3.05, 3.63) is 55.6 Å². The molecule has 7 heteroatoms. The van der Waals surface area contributed by atoms with Crippen molar-refractivity contribution in [2.24, 2.45) is 7.05 Å². The Labute approximate surface area is 164 Å². The van der Waals surface area contributed by atoms with Crippen LogP contribution in [-0.2, 0) is 19.9 Å². The number of benzene rings is 1. The summed E-state index contributed by atoms with van der Waals surface area (Å²) in [5, 5.41) is 1.60. The predicted molar refractivity (Wildman–Crippen MR) is 108 cm³/mol. The van der Waals surface area contributed by atoms with Gasteiger partial charge in [-0.1, -0.05) is 23.4 Å². The standard InChI is InChI=1S/C19H17ClN2O2S2/c1-10(16(23)11-6-8-12(20)9-7-11)25-19-21-17-15(18(24)22(19)2)13-4-3-5-14(13)26-17/h6-10H,3-5H2,1-2H3. The van der Waals surface area contributed by atoms with Gasteiger partial charge in [0.1, 0.15) is 4.83 Å². The Kier molecular flexibility index (Phi) is 4.67. The van der Waals surface area contributed by atoms with Crippen molar-refractivity contribution in [3.63, 3.8) is 0 Å². The zero-order valence-electron chi connectivity index (χ0n) is 14.4. The molecule has 0 aliphatic heterocycles. The Bertz CT molecular complexity index is 1070. The van der Waals surface area contributed by atoms with Gasteiger partial charge >= 0.3 is 0 Å². The molecule has 0 radical (unpaired) electrons. The molecule has 1 atom stereocenters. The molecule has 1 aliphatic rings. The lowest BCUT2D eigenvalue weighted by Gasteiger charge is -2.12. The zero-order chi connectivity index (χ0) is 18.4. The average Bonchev–Trinajstić information content (AvgIpc) is 3.20. The van der Waals surface area contributed by atoms with Gasteiger partial charge in [0.2, 0.25) is 0 Å². The highest BCUT2D eigenvalue weighted by molar-refractivity contribution is 8.00. The van der Waals surface area contributed by atoms with Crippen molar-refractivity contribution >= 4 is 50.7 Å². The summed E-state index contributed by atoms with van der Waals surface area (Å²) in [6, 6.07) is 6.86. The first kappa shape index (κ1) is 17.8. The third kappa shape index (κ3) is 3.00. The number of halogens is 1. The van der Waals surface area contributed by atoms with Gasteiger partial charge in [-0.2, -0.15) is 0 Å². The van der Waals surface area contributed by atoms with Crippen LogP contribution in [0.1, 0.15) is 34.1 Å². The second kappa shape index (κ2) is 6.83. The fraction of sp³-hybridized carbons (Fsp3) is 0.316. The SMILES string of the molecule is CC(Sc1nc2sc3c(c2c(=O)n1C)CCC3)C(=O)c1ccc(Cl)cc1. The van der Waals surface area contributed by atoms with Gasteiger partial charge in [-0.3, -0.25) is 14.2 Å². The van der Waals surface area contributed by atoms with E-state index in [1.165, 1.54) is 22.2 Å². The summed E-state index contributed by atoms with van der Waals surface area (Å²) in [5.74, 6) is -0.00492. The summed E-state index contributed by atoms with van der Waals surface area (Å²) in [6.07, 6.45) is 3.11. The number of hydrogen-bond acceptors (Lipinski definition) is 5. The van der Waals surface area contributed by atoms with Gasteiger partial charge in [0.25, 0.3) is 5.56 Å². The number of aromatic nitrogens is 2. The van der Waals surface area contributed by atoms with E-state index in [9.17, 15) is 9.59 Å². The van der Waals surface area contributed by atoms with Crippen molar-refractivity contribution in [3.8, 4) is 0 Å². The second-order valence-electron chi connectivity index (χ2n) is 6.43. The fourth-order valence-corrected chi connectivity index (χ4v) is 5.65. The Balaban J connectivity index is 1.66. The van der Waals surface area contributed by atoms with Crippen LogP contribution in [0.2, 0.25) is 5.02 Å². The fourth-order valence-electron chi connectivity index (χ4n) is 3.27. The topological polar surface area (TPSA) is 52.0 Å². The van der Waals surface area contributed by atoms with E-state index in [0.717, 1.165) is 29.5 Å². The number of thioether (sulfide) groups is 1. The van der Waals surface area contributed by atoms with E-state index in [-0.39, 0.29) is 16.6 Å². The zero-order valence-corrected chi connectivity index (χ0v) is 16.8. The van der Waals surface area contributed by atoms with Crippen LogP contribution in [0.25, 0.3) is 10.2 Å². The van der Waals surface area contributed by atoms with E-state index in [1.54, 1.807) is 47.2 Å². The molecule has 1 aliphatic carbocycles. The smallest absolute Gasteiger partial charge is 0.262 e. The molecule has 0 saturated carbocycles. The molecule has 4 rings (SSSR count). The first-order valence-electron chi connectivity index (χ1n) is 8.43. The summed E-state index contributed by atoms with van der Waals surface area (Å²) in [7, 11) is 1.73. The number of carbonyl (C=O) groups is 1. The van der Waals surface area contributed by atoms with Gasteiger partial charge in [0.05, 0.1) is 10.6 Å². The summed E-state index contributed by atoms with van der Waals surface area (Å²) in [5.41, 5.74) is 1.78. The van der Waals surface area contributed by atoms with Gasteiger partial charge in [-0.25, -0.2) is 4.98 Å². The van der Waals surface area contributed by atoms with Crippen molar-refractivity contribution < 1.29 is 4.79 Å². The highest BCUT2D eigenvalue weighted by Gasteiger charge is 2.24. The molecule has 0 amide bonds.